The Morgan fingerprint density at radius 3 is 2.44 bits per heavy atom. The number of hydrogen-bond donors (Lipinski definition) is 1. The van der Waals surface area contributed by atoms with Gasteiger partial charge >= 0.3 is 6.03 Å². The Bertz CT molecular complexity index is 1420. The molecule has 0 atom stereocenters. The zero-order valence-corrected chi connectivity index (χ0v) is 23.0. The number of nitrogens with zero attached hydrogens (tertiary/aromatic N) is 1. The third-order valence-corrected chi connectivity index (χ3v) is 7.37. The van der Waals surface area contributed by atoms with Crippen molar-refractivity contribution in [2.24, 2.45) is 0 Å². The molecule has 0 spiro atoms. The van der Waals surface area contributed by atoms with E-state index in [0.29, 0.717) is 32.2 Å². The standard InChI is InChI=1S/C26H19Br2ClN2O5/c1-14-9-17(7-8-19(14)27)31-25(33)18(24(32)30-26(31)34)10-16-11-22(35-2)23(12-20(16)28)36-13-15-5-3-4-6-21(15)29/h3-12H,13H2,1-2H3,(H,30,32,34)/b18-10+. The Hall–Kier alpha value is -3.14. The Kier molecular flexibility index (Phi) is 7.82. The second-order valence-electron chi connectivity index (χ2n) is 7.80. The van der Waals surface area contributed by atoms with Crippen molar-refractivity contribution in [1.29, 1.82) is 0 Å². The molecule has 0 unspecified atom stereocenters. The second kappa shape index (κ2) is 10.9. The summed E-state index contributed by atoms with van der Waals surface area (Å²) in [5.74, 6) is -0.708. The molecule has 4 rings (SSSR count). The van der Waals surface area contributed by atoms with Crippen LogP contribution < -0.4 is 19.7 Å². The predicted molar refractivity (Wildman–Crippen MR) is 144 cm³/mol. The molecule has 1 saturated heterocycles. The van der Waals surface area contributed by atoms with Gasteiger partial charge in [0.15, 0.2) is 11.5 Å². The highest BCUT2D eigenvalue weighted by atomic mass is 79.9. The largest absolute Gasteiger partial charge is 0.493 e. The highest BCUT2D eigenvalue weighted by molar-refractivity contribution is 9.10. The Morgan fingerprint density at radius 1 is 1.00 bits per heavy atom. The lowest BCUT2D eigenvalue weighted by Crippen LogP contribution is -2.54. The molecule has 3 aromatic rings. The summed E-state index contributed by atoms with van der Waals surface area (Å²) in [6, 6.07) is 14.8. The van der Waals surface area contributed by atoms with Crippen molar-refractivity contribution in [2.45, 2.75) is 13.5 Å². The van der Waals surface area contributed by atoms with Gasteiger partial charge in [-0.25, -0.2) is 9.69 Å². The number of imide groups is 2. The van der Waals surface area contributed by atoms with E-state index in [2.05, 4.69) is 37.2 Å². The van der Waals surface area contributed by atoms with Gasteiger partial charge in [-0.15, -0.1) is 0 Å². The van der Waals surface area contributed by atoms with E-state index in [1.807, 2.05) is 25.1 Å². The summed E-state index contributed by atoms with van der Waals surface area (Å²) in [4.78, 5) is 39.3. The second-order valence-corrected chi connectivity index (χ2v) is 9.91. The van der Waals surface area contributed by atoms with E-state index in [4.69, 9.17) is 21.1 Å². The monoisotopic (exact) mass is 632 g/mol. The van der Waals surface area contributed by atoms with E-state index in [1.54, 1.807) is 36.4 Å². The molecule has 4 amide bonds. The number of barbiturate groups is 1. The quantitative estimate of drug-likeness (QED) is 0.250. The van der Waals surface area contributed by atoms with Crippen molar-refractivity contribution in [3.8, 4) is 11.5 Å². The van der Waals surface area contributed by atoms with Crippen molar-refractivity contribution in [1.82, 2.24) is 5.32 Å². The zero-order valence-electron chi connectivity index (χ0n) is 19.1. The lowest BCUT2D eigenvalue weighted by molar-refractivity contribution is -0.122. The van der Waals surface area contributed by atoms with Crippen molar-refractivity contribution in [3.05, 3.63) is 90.8 Å². The van der Waals surface area contributed by atoms with Crippen LogP contribution in [-0.2, 0) is 16.2 Å². The Balaban J connectivity index is 1.66. The zero-order chi connectivity index (χ0) is 26.0. The fourth-order valence-corrected chi connectivity index (χ4v) is 4.39. The predicted octanol–water partition coefficient (Wildman–Crippen LogP) is 6.43. The summed E-state index contributed by atoms with van der Waals surface area (Å²) >= 11 is 13.1. The number of nitrogens with one attached hydrogen (secondary N) is 1. The average molecular weight is 635 g/mol. The molecule has 0 aliphatic carbocycles. The molecule has 1 fully saturated rings. The Morgan fingerprint density at radius 2 is 1.75 bits per heavy atom. The molecule has 184 valence electrons. The van der Waals surface area contributed by atoms with Crippen molar-refractivity contribution >= 4 is 73.1 Å². The first kappa shape index (κ1) is 25.9. The fraction of sp³-hybridized carbons (Fsp3) is 0.115. The van der Waals surface area contributed by atoms with Crippen molar-refractivity contribution in [3.63, 3.8) is 0 Å². The first-order valence-corrected chi connectivity index (χ1v) is 12.6. The number of rotatable bonds is 6. The molecule has 1 aliphatic rings. The first-order valence-electron chi connectivity index (χ1n) is 10.6. The minimum Gasteiger partial charge on any atom is -0.493 e. The van der Waals surface area contributed by atoms with Crippen LogP contribution in [-0.4, -0.2) is 25.0 Å². The number of ether oxygens (including phenoxy) is 2. The number of aryl methyl sites for hydroxylation is 1. The van der Waals surface area contributed by atoms with E-state index in [-0.39, 0.29) is 12.2 Å². The topological polar surface area (TPSA) is 84.9 Å². The van der Waals surface area contributed by atoms with Gasteiger partial charge in [0.2, 0.25) is 0 Å². The van der Waals surface area contributed by atoms with Crippen LogP contribution in [0.2, 0.25) is 5.02 Å². The van der Waals surface area contributed by atoms with Crippen LogP contribution in [0.3, 0.4) is 0 Å². The van der Waals surface area contributed by atoms with E-state index >= 15 is 0 Å². The van der Waals surface area contributed by atoms with Crippen LogP contribution in [0.4, 0.5) is 10.5 Å². The first-order chi connectivity index (χ1) is 17.2. The van der Waals surface area contributed by atoms with Gasteiger partial charge in [0.25, 0.3) is 11.8 Å². The summed E-state index contributed by atoms with van der Waals surface area (Å²) in [5.41, 5.74) is 2.26. The van der Waals surface area contributed by atoms with Crippen LogP contribution in [0.5, 0.6) is 11.5 Å². The van der Waals surface area contributed by atoms with Crippen LogP contribution in [0.1, 0.15) is 16.7 Å². The van der Waals surface area contributed by atoms with Crippen LogP contribution >= 0.6 is 43.5 Å². The van der Waals surface area contributed by atoms with E-state index in [9.17, 15) is 14.4 Å². The third kappa shape index (κ3) is 5.33. The lowest BCUT2D eigenvalue weighted by atomic mass is 10.1. The highest BCUT2D eigenvalue weighted by Crippen LogP contribution is 2.36. The fourth-order valence-electron chi connectivity index (χ4n) is 3.52. The van der Waals surface area contributed by atoms with Crippen LogP contribution in [0, 0.1) is 6.92 Å². The van der Waals surface area contributed by atoms with Gasteiger partial charge in [0.1, 0.15) is 12.2 Å². The number of hydrogen-bond acceptors (Lipinski definition) is 5. The molecule has 36 heavy (non-hydrogen) atoms. The molecule has 0 bridgehead atoms. The molecular formula is C26H19Br2ClN2O5. The van der Waals surface area contributed by atoms with Crippen molar-refractivity contribution in [2.75, 3.05) is 12.0 Å². The van der Waals surface area contributed by atoms with Gasteiger partial charge in [-0.3, -0.25) is 14.9 Å². The maximum atomic E-state index is 13.3. The lowest BCUT2D eigenvalue weighted by Gasteiger charge is -2.27. The summed E-state index contributed by atoms with van der Waals surface area (Å²) < 4.78 is 12.8. The van der Waals surface area contributed by atoms with Gasteiger partial charge in [0, 0.05) is 19.5 Å². The molecule has 0 saturated carbocycles. The molecule has 1 aliphatic heterocycles. The maximum Gasteiger partial charge on any atom is 0.335 e. The number of carbonyl (C=O) groups is 3. The maximum absolute atomic E-state index is 13.3. The number of urea groups is 1. The van der Waals surface area contributed by atoms with Gasteiger partial charge < -0.3 is 9.47 Å². The minimum atomic E-state index is -0.816. The number of amides is 4. The highest BCUT2D eigenvalue weighted by Gasteiger charge is 2.37. The van der Waals surface area contributed by atoms with E-state index in [0.717, 1.165) is 20.5 Å². The van der Waals surface area contributed by atoms with Crippen LogP contribution in [0.15, 0.2) is 69.1 Å². The number of benzene rings is 3. The smallest absolute Gasteiger partial charge is 0.335 e. The number of methoxy groups -OCH3 is 1. The summed E-state index contributed by atoms with van der Waals surface area (Å²) in [5, 5.41) is 2.81. The number of halogens is 3. The summed E-state index contributed by atoms with van der Waals surface area (Å²) in [7, 11) is 1.48. The summed E-state index contributed by atoms with van der Waals surface area (Å²) in [6.45, 7) is 2.05. The van der Waals surface area contributed by atoms with E-state index < -0.39 is 17.8 Å². The third-order valence-electron chi connectivity index (χ3n) is 5.43. The number of carbonyl (C=O) groups excluding carboxylic acids is 3. The van der Waals surface area contributed by atoms with E-state index in [1.165, 1.54) is 13.2 Å². The molecule has 10 heteroatoms. The molecule has 0 radical (unpaired) electrons. The minimum absolute atomic E-state index is 0.206. The average Bonchev–Trinajstić information content (AvgIpc) is 2.84. The molecule has 7 nitrogen and oxygen atoms in total. The summed E-state index contributed by atoms with van der Waals surface area (Å²) in [6.07, 6.45) is 1.40. The molecule has 0 aromatic heterocycles. The van der Waals surface area contributed by atoms with Gasteiger partial charge in [-0.05, 0) is 60.5 Å². The van der Waals surface area contributed by atoms with Gasteiger partial charge in [0.05, 0.1) is 12.8 Å². The normalized spacial score (nSPS) is 14.8. The van der Waals surface area contributed by atoms with Gasteiger partial charge in [-0.2, -0.15) is 0 Å². The van der Waals surface area contributed by atoms with Crippen LogP contribution in [0.25, 0.3) is 6.08 Å². The molecule has 1 N–H and O–H groups in total. The van der Waals surface area contributed by atoms with Crippen molar-refractivity contribution < 1.29 is 23.9 Å². The molecule has 1 heterocycles. The SMILES string of the molecule is COc1cc(/C=C2\C(=O)NC(=O)N(c3ccc(Br)c(C)c3)C2=O)c(Br)cc1OCc1ccccc1Cl. The molecule has 3 aromatic carbocycles. The molecular weight excluding hydrogens is 616 g/mol. The van der Waals surface area contributed by atoms with Gasteiger partial charge in [-0.1, -0.05) is 61.7 Å². The number of anilines is 1. The Labute approximate surface area is 229 Å².